The van der Waals surface area contributed by atoms with Crippen molar-refractivity contribution in [2.75, 3.05) is 12.0 Å². The van der Waals surface area contributed by atoms with Crippen LogP contribution >= 0.6 is 11.3 Å². The number of hydrogen-bond acceptors (Lipinski definition) is 4. The van der Waals surface area contributed by atoms with E-state index in [-0.39, 0.29) is 11.8 Å². The van der Waals surface area contributed by atoms with Crippen molar-refractivity contribution in [2.24, 2.45) is 0 Å². The van der Waals surface area contributed by atoms with Crippen LogP contribution in [-0.2, 0) is 11.2 Å². The lowest BCUT2D eigenvalue weighted by atomic mass is 9.82. The van der Waals surface area contributed by atoms with E-state index in [1.165, 1.54) is 16.9 Å². The number of fused-ring (bicyclic) bond motifs is 1. The summed E-state index contributed by atoms with van der Waals surface area (Å²) in [5.74, 6) is 0.683. The van der Waals surface area contributed by atoms with Crippen LogP contribution in [0.15, 0.2) is 53.9 Å². The van der Waals surface area contributed by atoms with Gasteiger partial charge in [0, 0.05) is 5.38 Å². The number of nitrogens with zero attached hydrogens (tertiary/aromatic N) is 2. The zero-order chi connectivity index (χ0) is 18.8. The summed E-state index contributed by atoms with van der Waals surface area (Å²) >= 11 is 1.50. The van der Waals surface area contributed by atoms with Gasteiger partial charge < -0.3 is 4.74 Å². The molecule has 0 N–H and O–H groups in total. The number of rotatable bonds is 4. The molecule has 3 aromatic rings. The summed E-state index contributed by atoms with van der Waals surface area (Å²) in [4.78, 5) is 20.1. The number of benzene rings is 2. The number of aryl methyl sites for hydroxylation is 2. The van der Waals surface area contributed by atoms with Crippen molar-refractivity contribution in [3.63, 3.8) is 0 Å². The van der Waals surface area contributed by atoms with E-state index < -0.39 is 0 Å². The van der Waals surface area contributed by atoms with E-state index in [0.717, 1.165) is 47.1 Å². The van der Waals surface area contributed by atoms with Crippen molar-refractivity contribution in [3.8, 4) is 5.75 Å². The highest BCUT2D eigenvalue weighted by atomic mass is 32.1. The minimum atomic E-state index is -0.187. The van der Waals surface area contributed by atoms with Crippen molar-refractivity contribution in [3.05, 3.63) is 70.7 Å². The smallest absolute Gasteiger partial charge is 0.240 e. The summed E-state index contributed by atoms with van der Waals surface area (Å²) in [6, 6.07) is 15.9. The second kappa shape index (κ2) is 7.53. The van der Waals surface area contributed by atoms with Gasteiger partial charge in [-0.25, -0.2) is 4.98 Å². The summed E-state index contributed by atoms with van der Waals surface area (Å²) in [6.07, 6.45) is 2.85. The molecule has 5 heteroatoms. The number of amides is 1. The molecule has 2 aromatic carbocycles. The maximum absolute atomic E-state index is 13.7. The first-order chi connectivity index (χ1) is 13.2. The van der Waals surface area contributed by atoms with Gasteiger partial charge in [-0.2, -0.15) is 0 Å². The van der Waals surface area contributed by atoms with Crippen LogP contribution in [0.4, 0.5) is 10.8 Å². The second-order valence-corrected chi connectivity index (χ2v) is 7.63. The highest BCUT2D eigenvalue weighted by Gasteiger charge is 2.33. The molecule has 1 unspecified atom stereocenters. The Bertz CT molecular complexity index is 952. The molecular weight excluding hydrogens is 356 g/mol. The van der Waals surface area contributed by atoms with Gasteiger partial charge in [-0.05, 0) is 61.6 Å². The number of thiazole rings is 1. The molecule has 1 atom stereocenters. The van der Waals surface area contributed by atoms with Crippen LogP contribution in [0.5, 0.6) is 5.75 Å². The predicted molar refractivity (Wildman–Crippen MR) is 109 cm³/mol. The topological polar surface area (TPSA) is 42.4 Å². The third-order valence-electron chi connectivity index (χ3n) is 5.00. The average molecular weight is 378 g/mol. The maximum atomic E-state index is 13.7. The maximum Gasteiger partial charge on any atom is 0.240 e. The van der Waals surface area contributed by atoms with Gasteiger partial charge >= 0.3 is 0 Å². The first kappa shape index (κ1) is 17.7. The number of hydrogen-bond donors (Lipinski definition) is 0. The summed E-state index contributed by atoms with van der Waals surface area (Å²) in [7, 11) is 1.66. The molecule has 0 saturated heterocycles. The number of para-hydroxylation sites is 1. The first-order valence-electron chi connectivity index (χ1n) is 9.15. The van der Waals surface area contributed by atoms with E-state index >= 15 is 0 Å². The Kier molecular flexibility index (Phi) is 4.94. The van der Waals surface area contributed by atoms with Gasteiger partial charge in [0.25, 0.3) is 0 Å². The van der Waals surface area contributed by atoms with E-state index in [4.69, 9.17) is 4.74 Å². The molecule has 1 aliphatic rings. The summed E-state index contributed by atoms with van der Waals surface area (Å²) in [5.41, 5.74) is 4.10. The molecule has 138 valence electrons. The van der Waals surface area contributed by atoms with Crippen molar-refractivity contribution >= 4 is 28.1 Å². The van der Waals surface area contributed by atoms with Crippen LogP contribution in [0.1, 0.15) is 35.6 Å². The zero-order valence-electron chi connectivity index (χ0n) is 15.5. The number of methoxy groups -OCH3 is 1. The minimum absolute atomic E-state index is 0.0738. The molecule has 4 rings (SSSR count). The van der Waals surface area contributed by atoms with Crippen LogP contribution in [0.25, 0.3) is 0 Å². The Balaban J connectivity index is 1.77. The van der Waals surface area contributed by atoms with Crippen LogP contribution in [-0.4, -0.2) is 18.0 Å². The molecule has 0 aliphatic heterocycles. The fourth-order valence-electron chi connectivity index (χ4n) is 3.67. The number of aromatic nitrogens is 1. The number of carbonyl (C=O) groups is 1. The van der Waals surface area contributed by atoms with Gasteiger partial charge in [0.2, 0.25) is 5.91 Å². The van der Waals surface area contributed by atoms with E-state index in [1.807, 2.05) is 54.8 Å². The summed E-state index contributed by atoms with van der Waals surface area (Å²) in [5, 5.41) is 2.70. The van der Waals surface area contributed by atoms with E-state index in [0.29, 0.717) is 0 Å². The summed E-state index contributed by atoms with van der Waals surface area (Å²) < 4.78 is 5.41. The molecule has 1 amide bonds. The van der Waals surface area contributed by atoms with E-state index in [9.17, 15) is 4.79 Å². The molecular formula is C22H22N2O2S. The van der Waals surface area contributed by atoms with Gasteiger partial charge in [-0.3, -0.25) is 9.69 Å². The molecule has 1 heterocycles. The van der Waals surface area contributed by atoms with Gasteiger partial charge in [0.05, 0.1) is 24.4 Å². The van der Waals surface area contributed by atoms with Crippen molar-refractivity contribution in [1.29, 1.82) is 0 Å². The van der Waals surface area contributed by atoms with Gasteiger partial charge in [0.15, 0.2) is 5.13 Å². The largest absolute Gasteiger partial charge is 0.497 e. The lowest BCUT2D eigenvalue weighted by Crippen LogP contribution is -2.33. The summed E-state index contributed by atoms with van der Waals surface area (Å²) in [6.45, 7) is 1.95. The molecule has 0 spiro atoms. The zero-order valence-corrected chi connectivity index (χ0v) is 16.3. The third-order valence-corrected chi connectivity index (χ3v) is 5.94. The Morgan fingerprint density at radius 2 is 2.04 bits per heavy atom. The molecule has 0 fully saturated rings. The van der Waals surface area contributed by atoms with E-state index in [2.05, 4.69) is 11.1 Å². The van der Waals surface area contributed by atoms with E-state index in [1.54, 1.807) is 12.0 Å². The van der Waals surface area contributed by atoms with Gasteiger partial charge in [-0.1, -0.05) is 24.3 Å². The fourth-order valence-corrected chi connectivity index (χ4v) is 4.50. The fraction of sp³-hybridized carbons (Fsp3) is 0.273. The lowest BCUT2D eigenvalue weighted by molar-refractivity contribution is -0.119. The Morgan fingerprint density at radius 3 is 2.74 bits per heavy atom. The molecule has 27 heavy (non-hydrogen) atoms. The Labute approximate surface area is 163 Å². The quantitative estimate of drug-likeness (QED) is 0.623. The molecule has 1 aromatic heterocycles. The molecule has 0 radical (unpaired) electrons. The van der Waals surface area contributed by atoms with Crippen molar-refractivity contribution < 1.29 is 9.53 Å². The lowest BCUT2D eigenvalue weighted by Gasteiger charge is -2.30. The van der Waals surface area contributed by atoms with Crippen LogP contribution in [0.3, 0.4) is 0 Å². The molecule has 4 nitrogen and oxygen atoms in total. The number of carbonyl (C=O) groups excluding carboxylic acids is 1. The predicted octanol–water partition coefficient (Wildman–Crippen LogP) is 5.24. The highest BCUT2D eigenvalue weighted by Crippen LogP contribution is 2.39. The highest BCUT2D eigenvalue weighted by molar-refractivity contribution is 7.14. The SMILES string of the molecule is COc1ccc2c(c1)C(C(=O)N(c1ccccc1)c1nc(C)cs1)CCC2. The van der Waals surface area contributed by atoms with Crippen molar-refractivity contribution in [2.45, 2.75) is 32.1 Å². The van der Waals surface area contributed by atoms with Crippen molar-refractivity contribution in [1.82, 2.24) is 4.98 Å². The molecule has 1 aliphatic carbocycles. The third kappa shape index (κ3) is 3.47. The van der Waals surface area contributed by atoms with Gasteiger partial charge in [0.1, 0.15) is 5.75 Å². The number of ether oxygens (including phenoxy) is 1. The standard InChI is InChI=1S/C22H22N2O2S/c1-15-14-27-22(23-15)24(17-8-4-3-5-9-17)21(25)19-10-6-7-16-11-12-18(26-2)13-20(16)19/h3-5,8-9,11-14,19H,6-7,10H2,1-2H3. The second-order valence-electron chi connectivity index (χ2n) is 6.79. The van der Waals surface area contributed by atoms with Crippen LogP contribution in [0.2, 0.25) is 0 Å². The Morgan fingerprint density at radius 1 is 1.22 bits per heavy atom. The monoisotopic (exact) mass is 378 g/mol. The van der Waals surface area contributed by atoms with Gasteiger partial charge in [-0.15, -0.1) is 11.3 Å². The molecule has 0 saturated carbocycles. The molecule has 0 bridgehead atoms. The van der Waals surface area contributed by atoms with Crippen LogP contribution in [0, 0.1) is 6.92 Å². The first-order valence-corrected chi connectivity index (χ1v) is 10.0. The number of anilines is 2. The van der Waals surface area contributed by atoms with Crippen LogP contribution < -0.4 is 9.64 Å². The average Bonchev–Trinajstić information content (AvgIpc) is 3.13. The Hall–Kier alpha value is -2.66. The minimum Gasteiger partial charge on any atom is -0.497 e. The normalized spacial score (nSPS) is 15.9.